The van der Waals surface area contributed by atoms with Crippen LogP contribution in [-0.2, 0) is 0 Å². The Morgan fingerprint density at radius 2 is 1.89 bits per heavy atom. The van der Waals surface area contributed by atoms with E-state index in [-0.39, 0.29) is 5.56 Å². The maximum absolute atomic E-state index is 13.1. The van der Waals surface area contributed by atoms with Crippen LogP contribution in [0.15, 0.2) is 47.5 Å². The van der Waals surface area contributed by atoms with Crippen LogP contribution in [-0.4, -0.2) is 24.1 Å². The second-order valence-corrected chi connectivity index (χ2v) is 7.35. The molecule has 0 N–H and O–H groups in total. The molecule has 1 aliphatic carbocycles. The molecule has 0 aliphatic heterocycles. The number of hydrogen-bond acceptors (Lipinski definition) is 4. The van der Waals surface area contributed by atoms with E-state index < -0.39 is 0 Å². The smallest absolute Gasteiger partial charge is 0.266 e. The summed E-state index contributed by atoms with van der Waals surface area (Å²) in [6.45, 7) is 2.00. The molecule has 3 aromatic heterocycles. The summed E-state index contributed by atoms with van der Waals surface area (Å²) in [6.07, 6.45) is 9.47. The number of aromatic nitrogens is 5. The van der Waals surface area contributed by atoms with E-state index in [1.54, 1.807) is 15.3 Å². The van der Waals surface area contributed by atoms with E-state index in [9.17, 15) is 4.79 Å². The van der Waals surface area contributed by atoms with Crippen molar-refractivity contribution in [2.75, 3.05) is 0 Å². The number of fused-ring (bicyclic) bond motifs is 3. The van der Waals surface area contributed by atoms with Crippen molar-refractivity contribution in [3.8, 4) is 5.69 Å². The van der Waals surface area contributed by atoms with E-state index in [4.69, 9.17) is 5.10 Å². The molecule has 0 radical (unpaired) electrons. The van der Waals surface area contributed by atoms with Gasteiger partial charge in [-0.1, -0.05) is 37.5 Å². The Hall–Kier alpha value is -3.02. The van der Waals surface area contributed by atoms with Gasteiger partial charge < -0.3 is 0 Å². The highest BCUT2D eigenvalue weighted by molar-refractivity contribution is 5.79. The molecule has 1 aliphatic rings. The molecule has 1 fully saturated rings. The molecule has 3 heterocycles. The fourth-order valence-corrected chi connectivity index (χ4v) is 4.09. The monoisotopic (exact) mass is 359 g/mol. The molecule has 27 heavy (non-hydrogen) atoms. The summed E-state index contributed by atoms with van der Waals surface area (Å²) < 4.78 is 3.40. The Labute approximate surface area is 156 Å². The van der Waals surface area contributed by atoms with Gasteiger partial charge in [-0.2, -0.15) is 9.50 Å². The molecule has 1 aromatic carbocycles. The molecule has 1 saturated carbocycles. The first-order valence-corrected chi connectivity index (χ1v) is 9.55. The first-order valence-electron chi connectivity index (χ1n) is 9.55. The van der Waals surface area contributed by atoms with Gasteiger partial charge in [0, 0.05) is 18.3 Å². The molecule has 0 saturated heterocycles. The van der Waals surface area contributed by atoms with E-state index in [0.717, 1.165) is 35.4 Å². The van der Waals surface area contributed by atoms with Crippen LogP contribution in [0, 0.1) is 6.92 Å². The maximum atomic E-state index is 13.1. The summed E-state index contributed by atoms with van der Waals surface area (Å²) >= 11 is 0. The Kier molecular flexibility index (Phi) is 3.77. The minimum atomic E-state index is -0.0917. The topological polar surface area (TPSA) is 65.1 Å². The molecule has 6 heteroatoms. The first-order chi connectivity index (χ1) is 13.2. The van der Waals surface area contributed by atoms with E-state index in [1.165, 1.54) is 19.3 Å². The molecule has 136 valence electrons. The fourth-order valence-electron chi connectivity index (χ4n) is 4.09. The van der Waals surface area contributed by atoms with Gasteiger partial charge in [0.15, 0.2) is 5.82 Å². The highest BCUT2D eigenvalue weighted by atomic mass is 16.1. The fraction of sp³-hybridized carbons (Fsp3) is 0.333. The highest BCUT2D eigenvalue weighted by Crippen LogP contribution is 2.31. The minimum Gasteiger partial charge on any atom is -0.283 e. The SMILES string of the molecule is Cc1ccccc1-n1ccc2c(cnc3nc(C4CCCCC4)nn32)c1=O. The molecular formula is C21H21N5O. The molecule has 5 rings (SSSR count). The van der Waals surface area contributed by atoms with Crippen LogP contribution in [0.4, 0.5) is 0 Å². The zero-order valence-electron chi connectivity index (χ0n) is 15.3. The van der Waals surface area contributed by atoms with Gasteiger partial charge in [0.2, 0.25) is 0 Å². The minimum absolute atomic E-state index is 0.0917. The largest absolute Gasteiger partial charge is 0.283 e. The Bertz CT molecular complexity index is 1200. The van der Waals surface area contributed by atoms with Crippen LogP contribution in [0.1, 0.15) is 49.4 Å². The molecule has 4 aromatic rings. The first kappa shape index (κ1) is 16.2. The summed E-state index contributed by atoms with van der Waals surface area (Å²) in [4.78, 5) is 22.2. The summed E-state index contributed by atoms with van der Waals surface area (Å²) in [5.74, 6) is 1.83. The van der Waals surface area contributed by atoms with Crippen LogP contribution < -0.4 is 5.56 Å². The lowest BCUT2D eigenvalue weighted by atomic mass is 9.89. The third kappa shape index (κ3) is 2.63. The predicted octanol–water partition coefficient (Wildman–Crippen LogP) is 3.78. The summed E-state index contributed by atoms with van der Waals surface area (Å²) in [7, 11) is 0. The van der Waals surface area contributed by atoms with Crippen LogP contribution >= 0.6 is 0 Å². The van der Waals surface area contributed by atoms with Crippen LogP contribution in [0.25, 0.3) is 22.4 Å². The van der Waals surface area contributed by atoms with Gasteiger partial charge in [-0.25, -0.2) is 4.98 Å². The third-order valence-electron chi connectivity index (χ3n) is 5.60. The van der Waals surface area contributed by atoms with Gasteiger partial charge in [-0.15, -0.1) is 5.10 Å². The molecule has 0 spiro atoms. The molecule has 6 nitrogen and oxygen atoms in total. The van der Waals surface area contributed by atoms with Gasteiger partial charge in [-0.3, -0.25) is 9.36 Å². The van der Waals surface area contributed by atoms with Gasteiger partial charge in [0.1, 0.15) is 0 Å². The number of pyridine rings is 1. The van der Waals surface area contributed by atoms with Crippen molar-refractivity contribution in [3.63, 3.8) is 0 Å². The lowest BCUT2D eigenvalue weighted by Crippen LogP contribution is -2.19. The number of nitrogens with zero attached hydrogens (tertiary/aromatic N) is 5. The quantitative estimate of drug-likeness (QED) is 0.546. The Balaban J connectivity index is 1.68. The Morgan fingerprint density at radius 3 is 2.70 bits per heavy atom. The second-order valence-electron chi connectivity index (χ2n) is 7.35. The van der Waals surface area contributed by atoms with Crippen molar-refractivity contribution in [2.45, 2.75) is 44.9 Å². The van der Waals surface area contributed by atoms with Gasteiger partial charge >= 0.3 is 0 Å². The van der Waals surface area contributed by atoms with Crippen molar-refractivity contribution in [3.05, 3.63) is 64.5 Å². The summed E-state index contributed by atoms with van der Waals surface area (Å²) in [6, 6.07) is 9.79. The maximum Gasteiger partial charge on any atom is 0.266 e. The number of rotatable bonds is 2. The van der Waals surface area contributed by atoms with Crippen molar-refractivity contribution in [1.82, 2.24) is 24.1 Å². The van der Waals surface area contributed by atoms with Crippen LogP contribution in [0.3, 0.4) is 0 Å². The van der Waals surface area contributed by atoms with Crippen molar-refractivity contribution in [1.29, 1.82) is 0 Å². The average Bonchev–Trinajstić information content (AvgIpc) is 3.14. The lowest BCUT2D eigenvalue weighted by Gasteiger charge is -2.17. The van der Waals surface area contributed by atoms with E-state index in [0.29, 0.717) is 17.1 Å². The second kappa shape index (κ2) is 6.30. The lowest BCUT2D eigenvalue weighted by molar-refractivity contribution is 0.429. The number of benzene rings is 1. The van der Waals surface area contributed by atoms with Crippen molar-refractivity contribution < 1.29 is 0 Å². The zero-order valence-corrected chi connectivity index (χ0v) is 15.3. The number of para-hydroxylation sites is 1. The highest BCUT2D eigenvalue weighted by Gasteiger charge is 2.21. The Morgan fingerprint density at radius 1 is 1.07 bits per heavy atom. The number of hydrogen-bond donors (Lipinski definition) is 0. The molecule has 0 atom stereocenters. The van der Waals surface area contributed by atoms with Crippen molar-refractivity contribution in [2.24, 2.45) is 0 Å². The summed E-state index contributed by atoms with van der Waals surface area (Å²) in [5, 5.41) is 5.27. The van der Waals surface area contributed by atoms with E-state index in [1.807, 2.05) is 43.5 Å². The molecule has 0 amide bonds. The van der Waals surface area contributed by atoms with Gasteiger partial charge in [0.05, 0.1) is 16.6 Å². The van der Waals surface area contributed by atoms with Gasteiger partial charge in [0.25, 0.3) is 11.3 Å². The van der Waals surface area contributed by atoms with E-state index in [2.05, 4.69) is 9.97 Å². The number of aryl methyl sites for hydroxylation is 1. The zero-order chi connectivity index (χ0) is 18.4. The predicted molar refractivity (Wildman–Crippen MR) is 104 cm³/mol. The van der Waals surface area contributed by atoms with Crippen molar-refractivity contribution >= 4 is 16.7 Å². The summed E-state index contributed by atoms with van der Waals surface area (Å²) in [5.41, 5.74) is 2.59. The molecule has 0 bridgehead atoms. The van der Waals surface area contributed by atoms with E-state index >= 15 is 0 Å². The molecule has 0 unspecified atom stereocenters. The van der Waals surface area contributed by atoms with Crippen LogP contribution in [0.5, 0.6) is 0 Å². The van der Waals surface area contributed by atoms with Gasteiger partial charge in [-0.05, 0) is 37.5 Å². The average molecular weight is 359 g/mol. The normalized spacial score (nSPS) is 15.6. The standard InChI is InChI=1S/C21H21N5O/c1-14-7-5-6-10-17(14)25-12-11-18-16(20(25)27)13-22-21-23-19(24-26(18)21)15-8-3-2-4-9-15/h5-7,10-13,15H,2-4,8-9H2,1H3. The van der Waals surface area contributed by atoms with Crippen LogP contribution in [0.2, 0.25) is 0 Å². The molecular weight excluding hydrogens is 338 g/mol. The third-order valence-corrected chi connectivity index (χ3v) is 5.60.